The highest BCUT2D eigenvalue weighted by atomic mass is 35.5. The van der Waals surface area contributed by atoms with Crippen molar-refractivity contribution in [2.75, 3.05) is 0 Å². The van der Waals surface area contributed by atoms with Gasteiger partial charge in [0, 0.05) is 12.1 Å². The molecular formula is C12H12ClN3O3S2. The molecule has 0 spiro atoms. The van der Waals surface area contributed by atoms with Crippen LogP contribution in [-0.4, -0.2) is 19.5 Å². The lowest BCUT2D eigenvalue weighted by molar-refractivity contribution is 0.318. The number of sulfonamides is 1. The summed E-state index contributed by atoms with van der Waals surface area (Å²) in [6.45, 7) is 0.133. The van der Waals surface area contributed by atoms with Gasteiger partial charge < -0.3 is 10.9 Å². The molecule has 9 heteroatoms. The van der Waals surface area contributed by atoms with Gasteiger partial charge in [0.05, 0.1) is 4.34 Å². The van der Waals surface area contributed by atoms with Crippen LogP contribution in [0, 0.1) is 0 Å². The molecule has 0 aliphatic carbocycles. The summed E-state index contributed by atoms with van der Waals surface area (Å²) < 4.78 is 27.1. The third kappa shape index (κ3) is 3.94. The second-order valence-electron chi connectivity index (χ2n) is 4.07. The summed E-state index contributed by atoms with van der Waals surface area (Å²) in [6, 6.07) is 9.65. The second kappa shape index (κ2) is 6.44. The van der Waals surface area contributed by atoms with E-state index in [1.807, 2.05) is 0 Å². The second-order valence-corrected chi connectivity index (χ2v) is 7.77. The Morgan fingerprint density at radius 3 is 2.48 bits per heavy atom. The van der Waals surface area contributed by atoms with E-state index in [0.717, 1.165) is 16.9 Å². The van der Waals surface area contributed by atoms with Crippen LogP contribution in [0.4, 0.5) is 0 Å². The van der Waals surface area contributed by atoms with E-state index < -0.39 is 10.0 Å². The SMILES string of the molecule is NC(=NO)c1ccc(CNS(=O)(=O)c2ccc(Cl)s2)cc1. The van der Waals surface area contributed by atoms with E-state index in [1.165, 1.54) is 12.1 Å². The normalized spacial score (nSPS) is 12.5. The number of hydrogen-bond donors (Lipinski definition) is 3. The summed E-state index contributed by atoms with van der Waals surface area (Å²) in [6.07, 6.45) is 0. The van der Waals surface area contributed by atoms with Gasteiger partial charge in [0.1, 0.15) is 4.21 Å². The number of nitrogens with two attached hydrogens (primary N) is 1. The van der Waals surface area contributed by atoms with Crippen molar-refractivity contribution in [3.63, 3.8) is 0 Å². The molecule has 0 bridgehead atoms. The maximum Gasteiger partial charge on any atom is 0.250 e. The maximum absolute atomic E-state index is 12.0. The fourth-order valence-corrected chi connectivity index (χ4v) is 4.09. The molecule has 4 N–H and O–H groups in total. The Hall–Kier alpha value is -1.61. The molecule has 1 aromatic heterocycles. The van der Waals surface area contributed by atoms with Gasteiger partial charge in [-0.1, -0.05) is 41.0 Å². The van der Waals surface area contributed by atoms with Crippen molar-refractivity contribution in [2.24, 2.45) is 10.9 Å². The molecule has 0 saturated carbocycles. The number of benzene rings is 1. The lowest BCUT2D eigenvalue weighted by Crippen LogP contribution is -2.22. The minimum Gasteiger partial charge on any atom is -0.409 e. The molecule has 1 aromatic carbocycles. The van der Waals surface area contributed by atoms with Crippen LogP contribution in [0.2, 0.25) is 4.34 Å². The average Bonchev–Trinajstić information content (AvgIpc) is 2.92. The van der Waals surface area contributed by atoms with Gasteiger partial charge >= 0.3 is 0 Å². The average molecular weight is 346 g/mol. The van der Waals surface area contributed by atoms with Crippen LogP contribution in [0.15, 0.2) is 45.8 Å². The quantitative estimate of drug-likeness (QED) is 0.333. The summed E-state index contributed by atoms with van der Waals surface area (Å²) >= 11 is 6.72. The summed E-state index contributed by atoms with van der Waals surface area (Å²) in [5.74, 6) is -0.00430. The predicted molar refractivity (Wildman–Crippen MR) is 82.3 cm³/mol. The topological polar surface area (TPSA) is 105 Å². The standard InChI is InChI=1S/C12H12ClN3O3S2/c13-10-5-6-11(20-10)21(18,19)15-7-8-1-3-9(4-2-8)12(14)16-17/h1-6,15,17H,7H2,(H2,14,16). The van der Waals surface area contributed by atoms with Gasteiger partial charge in [0.2, 0.25) is 10.0 Å². The highest BCUT2D eigenvalue weighted by molar-refractivity contribution is 7.91. The van der Waals surface area contributed by atoms with Crippen molar-refractivity contribution in [3.05, 3.63) is 51.9 Å². The molecule has 112 valence electrons. The Bertz CT molecular complexity index is 754. The van der Waals surface area contributed by atoms with Crippen LogP contribution in [0.1, 0.15) is 11.1 Å². The van der Waals surface area contributed by atoms with Crippen molar-refractivity contribution in [3.8, 4) is 0 Å². The van der Waals surface area contributed by atoms with Crippen LogP contribution in [0.5, 0.6) is 0 Å². The molecule has 0 fully saturated rings. The molecule has 6 nitrogen and oxygen atoms in total. The molecule has 0 unspecified atom stereocenters. The molecular weight excluding hydrogens is 334 g/mol. The summed E-state index contributed by atoms with van der Waals surface area (Å²) in [4.78, 5) is 0. The molecule has 2 aromatic rings. The molecule has 0 aliphatic rings. The minimum atomic E-state index is -3.57. The number of oxime groups is 1. The largest absolute Gasteiger partial charge is 0.409 e. The van der Waals surface area contributed by atoms with E-state index in [9.17, 15) is 8.42 Å². The molecule has 0 aliphatic heterocycles. The highest BCUT2D eigenvalue weighted by Crippen LogP contribution is 2.25. The first-order valence-electron chi connectivity index (χ1n) is 5.74. The molecule has 21 heavy (non-hydrogen) atoms. The highest BCUT2D eigenvalue weighted by Gasteiger charge is 2.16. The number of hydrogen-bond acceptors (Lipinski definition) is 5. The van der Waals surface area contributed by atoms with Gasteiger partial charge in [-0.2, -0.15) is 0 Å². The summed E-state index contributed by atoms with van der Waals surface area (Å²) in [5, 5.41) is 11.4. The van der Waals surface area contributed by atoms with E-state index in [4.69, 9.17) is 22.5 Å². The van der Waals surface area contributed by atoms with Crippen molar-refractivity contribution in [1.82, 2.24) is 4.72 Å². The van der Waals surface area contributed by atoms with E-state index in [1.54, 1.807) is 24.3 Å². The monoisotopic (exact) mass is 345 g/mol. The Morgan fingerprint density at radius 2 is 1.95 bits per heavy atom. The molecule has 0 saturated heterocycles. The minimum absolute atomic E-state index is 0.00430. The first-order chi connectivity index (χ1) is 9.92. The Balaban J connectivity index is 2.06. The Kier molecular flexibility index (Phi) is 4.84. The van der Waals surface area contributed by atoms with Gasteiger partial charge in [0.15, 0.2) is 5.84 Å². The maximum atomic E-state index is 12.0. The lowest BCUT2D eigenvalue weighted by Gasteiger charge is -2.06. The Morgan fingerprint density at radius 1 is 1.29 bits per heavy atom. The zero-order chi connectivity index (χ0) is 15.5. The van der Waals surface area contributed by atoms with Crippen LogP contribution in [-0.2, 0) is 16.6 Å². The van der Waals surface area contributed by atoms with Crippen molar-refractivity contribution < 1.29 is 13.6 Å². The number of thiophene rings is 1. The number of rotatable bonds is 5. The number of nitrogens with zero attached hydrogens (tertiary/aromatic N) is 1. The van der Waals surface area contributed by atoms with Crippen LogP contribution in [0.3, 0.4) is 0 Å². The van der Waals surface area contributed by atoms with Gasteiger partial charge in [-0.3, -0.25) is 0 Å². The molecule has 0 amide bonds. The fourth-order valence-electron chi connectivity index (χ4n) is 1.54. The zero-order valence-corrected chi connectivity index (χ0v) is 13.0. The zero-order valence-electron chi connectivity index (χ0n) is 10.7. The van der Waals surface area contributed by atoms with E-state index >= 15 is 0 Å². The van der Waals surface area contributed by atoms with E-state index in [2.05, 4.69) is 9.88 Å². The van der Waals surface area contributed by atoms with E-state index in [-0.39, 0.29) is 16.6 Å². The molecule has 0 radical (unpaired) electrons. The number of amidine groups is 1. The van der Waals surface area contributed by atoms with Crippen molar-refractivity contribution in [2.45, 2.75) is 10.8 Å². The summed E-state index contributed by atoms with van der Waals surface area (Å²) in [7, 11) is -3.57. The van der Waals surface area contributed by atoms with Gasteiger partial charge in [-0.15, -0.1) is 11.3 Å². The molecule has 2 rings (SSSR count). The first kappa shape index (κ1) is 15.8. The predicted octanol–water partition coefficient (Wildman–Crippen LogP) is 1.97. The van der Waals surface area contributed by atoms with Gasteiger partial charge in [0.25, 0.3) is 0 Å². The Labute approximate surface area is 130 Å². The van der Waals surface area contributed by atoms with Crippen LogP contribution < -0.4 is 10.5 Å². The van der Waals surface area contributed by atoms with Gasteiger partial charge in [-0.25, -0.2) is 13.1 Å². The van der Waals surface area contributed by atoms with Gasteiger partial charge in [-0.05, 0) is 17.7 Å². The lowest BCUT2D eigenvalue weighted by atomic mass is 10.1. The third-order valence-corrected chi connectivity index (χ3v) is 5.76. The fraction of sp³-hybridized carbons (Fsp3) is 0.0833. The number of halogens is 1. The molecule has 0 atom stereocenters. The third-order valence-electron chi connectivity index (χ3n) is 2.64. The van der Waals surface area contributed by atoms with Crippen molar-refractivity contribution in [1.29, 1.82) is 0 Å². The number of nitrogens with one attached hydrogen (secondary N) is 1. The first-order valence-corrected chi connectivity index (χ1v) is 8.42. The molecule has 1 heterocycles. The summed E-state index contributed by atoms with van der Waals surface area (Å²) in [5.41, 5.74) is 6.74. The van der Waals surface area contributed by atoms with Crippen molar-refractivity contribution >= 4 is 38.8 Å². The smallest absolute Gasteiger partial charge is 0.250 e. The van der Waals surface area contributed by atoms with E-state index in [0.29, 0.717) is 9.90 Å². The van der Waals surface area contributed by atoms with Crippen LogP contribution >= 0.6 is 22.9 Å². The van der Waals surface area contributed by atoms with Crippen LogP contribution in [0.25, 0.3) is 0 Å².